The molecule has 2 aromatic heterocycles. The molecule has 8 rings (SSSR count). The highest BCUT2D eigenvalue weighted by Crippen LogP contribution is 2.35. The van der Waals surface area contributed by atoms with E-state index in [-0.39, 0.29) is 56.2 Å². The number of para-hydroxylation sites is 2. The number of nitrogens with two attached hydrogens (primary N) is 1. The monoisotopic (exact) mass is 1140 g/mol. The number of nitro benzene ring substituents is 1. The first-order chi connectivity index (χ1) is 34.4. The van der Waals surface area contributed by atoms with Crippen LogP contribution in [0.15, 0.2) is 184 Å². The second kappa shape index (κ2) is 21.2. The summed E-state index contributed by atoms with van der Waals surface area (Å²) in [6, 6.07) is 25.3. The molecule has 0 fully saturated rings. The zero-order valence-electron chi connectivity index (χ0n) is 37.1. The quantitative estimate of drug-likeness (QED) is 0.0281. The van der Waals surface area contributed by atoms with E-state index >= 15 is 0 Å². The summed E-state index contributed by atoms with van der Waals surface area (Å²) in [5.74, 6) is -2.68. The highest BCUT2D eigenvalue weighted by Gasteiger charge is 2.34. The van der Waals surface area contributed by atoms with Crippen LogP contribution in [-0.2, 0) is 63.8 Å². The number of nitro groups is 1. The standard InChI is InChI=1S/C23H14F3NO9S2.C23H16F3NO7S2.ClH/c24-23(25,26)16-4-2-5-19(12-16)37(31,32)13-15-11-14-3-1-6-20(21(14)35-22(15)28)36-38(33,34)18-9-7-17(8-10-18)27(29)30;24-23(25,26)16-4-2-5-19(12-16)35(29,30)13-15-11-14-3-1-6-20(21(14)33-22(15)28)34-36(31,32)18-9-7-17(27)8-10-18;/h1-12H,13H2;1-12H,13,27H2;1H. The lowest BCUT2D eigenvalue weighted by Crippen LogP contribution is -2.15. The molecule has 0 bridgehead atoms. The lowest BCUT2D eigenvalue weighted by atomic mass is 10.2. The van der Waals surface area contributed by atoms with Gasteiger partial charge in [0, 0.05) is 28.6 Å². The summed E-state index contributed by atoms with van der Waals surface area (Å²) in [4.78, 5) is 33.3. The zero-order chi connectivity index (χ0) is 54.2. The smallest absolute Gasteiger partial charge is 0.416 e. The molecule has 6 aromatic carbocycles. The van der Waals surface area contributed by atoms with E-state index in [0.717, 1.165) is 72.8 Å². The van der Waals surface area contributed by atoms with Gasteiger partial charge in [0.15, 0.2) is 42.3 Å². The van der Waals surface area contributed by atoms with Gasteiger partial charge < -0.3 is 22.9 Å². The Morgan fingerprint density at radius 2 is 0.867 bits per heavy atom. The summed E-state index contributed by atoms with van der Waals surface area (Å²) in [5.41, 5.74) is -0.491. The maximum Gasteiger partial charge on any atom is 0.416 e. The number of halogens is 7. The van der Waals surface area contributed by atoms with Crippen molar-refractivity contribution in [3.05, 3.63) is 199 Å². The van der Waals surface area contributed by atoms with Crippen molar-refractivity contribution < 1.29 is 82.1 Å². The number of fused-ring (bicyclic) bond motifs is 2. The molecule has 2 N–H and O–H groups in total. The number of benzene rings is 6. The summed E-state index contributed by atoms with van der Waals surface area (Å²) in [5, 5.41) is 11.0. The molecular weight excluding hydrogens is 1110 g/mol. The SMILES string of the molecule is Cl.Nc1ccc(S(=O)(=O)Oc2cccc3cc(CS(=O)(=O)c4cccc(C(F)(F)F)c4)c(=O)oc23)cc1.O=c1oc2c(OS(=O)(=O)c3ccc([N+](=O)[O-])cc3)cccc2cc1CS(=O)(=O)c1cccc(C(F)(F)F)c1. The first kappa shape index (κ1) is 56.5. The Hall–Kier alpha value is -7.79. The number of alkyl halides is 6. The van der Waals surface area contributed by atoms with Gasteiger partial charge in [-0.2, -0.15) is 43.2 Å². The maximum absolute atomic E-state index is 13.0. The molecule has 0 aliphatic rings. The van der Waals surface area contributed by atoms with Gasteiger partial charge in [0.1, 0.15) is 9.79 Å². The Balaban J connectivity index is 0.000000241. The van der Waals surface area contributed by atoms with Gasteiger partial charge >= 0.3 is 43.8 Å². The van der Waals surface area contributed by atoms with E-state index in [1.165, 1.54) is 54.6 Å². The van der Waals surface area contributed by atoms with Crippen molar-refractivity contribution in [2.24, 2.45) is 0 Å². The van der Waals surface area contributed by atoms with Gasteiger partial charge in [0.2, 0.25) is 0 Å². The van der Waals surface area contributed by atoms with Crippen molar-refractivity contribution in [3.8, 4) is 11.5 Å². The third kappa shape index (κ3) is 13.1. The summed E-state index contributed by atoms with van der Waals surface area (Å²) in [6.07, 6.45) is -9.53. The van der Waals surface area contributed by atoms with Crippen molar-refractivity contribution in [2.75, 3.05) is 5.73 Å². The molecule has 0 unspecified atom stereocenters. The fourth-order valence-corrected chi connectivity index (χ4v) is 11.3. The van der Waals surface area contributed by atoms with Crippen LogP contribution in [0.3, 0.4) is 0 Å². The molecule has 0 aliphatic heterocycles. The van der Waals surface area contributed by atoms with Crippen LogP contribution >= 0.6 is 12.4 Å². The van der Waals surface area contributed by atoms with E-state index in [9.17, 15) is 79.7 Å². The average Bonchev–Trinajstić information content (AvgIpc) is 3.32. The second-order valence-corrected chi connectivity index (χ2v) is 22.5. The van der Waals surface area contributed by atoms with Gasteiger partial charge in [-0.25, -0.2) is 26.4 Å². The lowest BCUT2D eigenvalue weighted by molar-refractivity contribution is -0.384. The average molecular weight is 1150 g/mol. The number of nitrogen functional groups attached to an aromatic ring is 1. The predicted octanol–water partition coefficient (Wildman–Crippen LogP) is 9.02. The Bertz CT molecular complexity index is 4100. The van der Waals surface area contributed by atoms with Gasteiger partial charge in [0.05, 0.1) is 48.5 Å². The minimum absolute atomic E-state index is 0. The van der Waals surface area contributed by atoms with Crippen LogP contribution in [-0.4, -0.2) is 38.6 Å². The molecule has 18 nitrogen and oxygen atoms in total. The van der Waals surface area contributed by atoms with Crippen LogP contribution in [0.4, 0.5) is 37.7 Å². The van der Waals surface area contributed by atoms with E-state index in [2.05, 4.69) is 0 Å². The van der Waals surface area contributed by atoms with E-state index in [0.29, 0.717) is 23.9 Å². The lowest BCUT2D eigenvalue weighted by Gasteiger charge is -2.11. The third-order valence-electron chi connectivity index (χ3n) is 10.2. The minimum atomic E-state index is -4.78. The molecule has 8 aromatic rings. The van der Waals surface area contributed by atoms with Crippen molar-refractivity contribution in [3.63, 3.8) is 0 Å². The van der Waals surface area contributed by atoms with Crippen molar-refractivity contribution >= 4 is 85.6 Å². The number of nitrogens with zero attached hydrogens (tertiary/aromatic N) is 1. The highest BCUT2D eigenvalue weighted by atomic mass is 35.5. The summed E-state index contributed by atoms with van der Waals surface area (Å²) in [6.45, 7) is 0. The molecule has 394 valence electrons. The molecule has 0 radical (unpaired) electrons. The summed E-state index contributed by atoms with van der Waals surface area (Å²) >= 11 is 0. The maximum atomic E-state index is 13.0. The van der Waals surface area contributed by atoms with E-state index < -0.39 is 117 Å². The molecule has 0 atom stereocenters. The van der Waals surface area contributed by atoms with Crippen molar-refractivity contribution in [2.45, 2.75) is 43.4 Å². The van der Waals surface area contributed by atoms with Gasteiger partial charge in [-0.05, 0) is 97.1 Å². The topological polar surface area (TPSA) is 285 Å². The van der Waals surface area contributed by atoms with Gasteiger partial charge in [-0.15, -0.1) is 12.4 Å². The Kier molecular flexibility index (Phi) is 16.0. The first-order valence-corrected chi connectivity index (χ1v) is 26.5. The molecule has 0 aliphatic carbocycles. The molecule has 75 heavy (non-hydrogen) atoms. The van der Waals surface area contributed by atoms with Crippen LogP contribution in [0.25, 0.3) is 21.9 Å². The molecule has 0 spiro atoms. The fourth-order valence-electron chi connectivity index (χ4n) is 6.66. The normalized spacial score (nSPS) is 12.3. The number of hydrogen-bond donors (Lipinski definition) is 1. The number of sulfone groups is 2. The third-order valence-corrected chi connectivity index (χ3v) is 16.1. The molecule has 0 saturated carbocycles. The van der Waals surface area contributed by atoms with Gasteiger partial charge in [-0.1, -0.05) is 36.4 Å². The van der Waals surface area contributed by atoms with Crippen LogP contribution in [0, 0.1) is 10.1 Å². The number of anilines is 1. The number of non-ortho nitro benzene ring substituents is 1. The second-order valence-electron chi connectivity index (χ2n) is 15.4. The van der Waals surface area contributed by atoms with Crippen molar-refractivity contribution in [1.82, 2.24) is 0 Å². The Morgan fingerprint density at radius 3 is 1.23 bits per heavy atom. The van der Waals surface area contributed by atoms with Crippen LogP contribution < -0.4 is 25.4 Å². The van der Waals surface area contributed by atoms with E-state index in [1.807, 2.05) is 0 Å². The highest BCUT2D eigenvalue weighted by molar-refractivity contribution is 7.91. The van der Waals surface area contributed by atoms with Crippen LogP contribution in [0.5, 0.6) is 11.5 Å². The van der Waals surface area contributed by atoms with E-state index in [4.69, 9.17) is 22.9 Å². The summed E-state index contributed by atoms with van der Waals surface area (Å²) in [7, 11) is -17.6. The van der Waals surface area contributed by atoms with Gasteiger partial charge in [0.25, 0.3) is 5.69 Å². The predicted molar refractivity (Wildman–Crippen MR) is 256 cm³/mol. The summed E-state index contributed by atoms with van der Waals surface area (Å²) < 4.78 is 200. The molecule has 2 heterocycles. The zero-order valence-corrected chi connectivity index (χ0v) is 41.2. The number of rotatable bonds is 13. The van der Waals surface area contributed by atoms with Crippen LogP contribution in [0.1, 0.15) is 22.3 Å². The van der Waals surface area contributed by atoms with Crippen molar-refractivity contribution in [1.29, 1.82) is 0 Å². The van der Waals surface area contributed by atoms with Gasteiger partial charge in [-0.3, -0.25) is 10.1 Å². The fraction of sp³-hybridized carbons (Fsp3) is 0.0870. The molecule has 0 saturated heterocycles. The minimum Gasteiger partial charge on any atom is -0.418 e. The van der Waals surface area contributed by atoms with E-state index in [1.54, 1.807) is 0 Å². The first-order valence-electron chi connectivity index (χ1n) is 20.3. The molecule has 29 heteroatoms. The molecular formula is C46H31ClF6N2O16S4. The number of hydrogen-bond acceptors (Lipinski definition) is 17. The van der Waals surface area contributed by atoms with Crippen LogP contribution in [0.2, 0.25) is 0 Å². The molecule has 0 amide bonds. The Labute approximate surface area is 425 Å². The Morgan fingerprint density at radius 1 is 0.507 bits per heavy atom. The largest absolute Gasteiger partial charge is 0.418 e.